The van der Waals surface area contributed by atoms with E-state index in [9.17, 15) is 0 Å². The molecule has 4 heteroatoms. The second kappa shape index (κ2) is 9.40. The van der Waals surface area contributed by atoms with Gasteiger partial charge in [0.15, 0.2) is 0 Å². The summed E-state index contributed by atoms with van der Waals surface area (Å²) in [6.07, 6.45) is 3.66. The first-order chi connectivity index (χ1) is 9.88. The molecule has 2 rings (SSSR count). The molecule has 1 aliphatic carbocycles. The fraction of sp³-hybridized carbons (Fsp3) is 0.625. The first-order valence-electron chi connectivity index (χ1n) is 7.40. The fourth-order valence-electron chi connectivity index (χ4n) is 1.92. The van der Waals surface area contributed by atoms with E-state index in [2.05, 4.69) is 29.6 Å². The summed E-state index contributed by atoms with van der Waals surface area (Å²) >= 11 is 1.86. The SMILES string of the molecule is COCCCOCCSc1cccc(CNC2CC2)c1. The molecule has 3 nitrogen and oxygen atoms in total. The van der Waals surface area contributed by atoms with Gasteiger partial charge < -0.3 is 14.8 Å². The van der Waals surface area contributed by atoms with Crippen molar-refractivity contribution in [3.63, 3.8) is 0 Å². The minimum absolute atomic E-state index is 0.770. The van der Waals surface area contributed by atoms with E-state index in [1.807, 2.05) is 11.8 Å². The molecule has 0 spiro atoms. The molecule has 0 atom stereocenters. The van der Waals surface area contributed by atoms with Crippen LogP contribution >= 0.6 is 11.8 Å². The number of benzene rings is 1. The summed E-state index contributed by atoms with van der Waals surface area (Å²) in [5.74, 6) is 1.01. The molecule has 20 heavy (non-hydrogen) atoms. The van der Waals surface area contributed by atoms with Crippen LogP contribution < -0.4 is 5.32 Å². The summed E-state index contributed by atoms with van der Waals surface area (Å²) in [6.45, 7) is 3.37. The fourth-order valence-corrected chi connectivity index (χ4v) is 2.77. The molecule has 1 fully saturated rings. The Morgan fingerprint density at radius 2 is 2.15 bits per heavy atom. The van der Waals surface area contributed by atoms with Crippen molar-refractivity contribution in [3.05, 3.63) is 29.8 Å². The maximum absolute atomic E-state index is 5.56. The van der Waals surface area contributed by atoms with E-state index >= 15 is 0 Å². The molecule has 1 aliphatic rings. The standard InChI is InChI=1S/C16H25NO2S/c1-18-8-3-9-19-10-11-20-16-5-2-4-14(12-16)13-17-15-6-7-15/h2,4-5,12,15,17H,3,6-11,13H2,1H3. The molecule has 0 heterocycles. The lowest BCUT2D eigenvalue weighted by Gasteiger charge is -2.07. The number of methoxy groups -OCH3 is 1. The van der Waals surface area contributed by atoms with E-state index in [1.54, 1.807) is 7.11 Å². The smallest absolute Gasteiger partial charge is 0.0560 e. The van der Waals surface area contributed by atoms with Gasteiger partial charge >= 0.3 is 0 Å². The molecule has 0 aromatic heterocycles. The monoisotopic (exact) mass is 295 g/mol. The molecule has 0 amide bonds. The van der Waals surface area contributed by atoms with Gasteiger partial charge in [-0.3, -0.25) is 0 Å². The molecular weight excluding hydrogens is 270 g/mol. The molecule has 0 saturated heterocycles. The molecule has 1 aromatic carbocycles. The number of thioether (sulfide) groups is 1. The van der Waals surface area contributed by atoms with Crippen molar-refractivity contribution < 1.29 is 9.47 Å². The molecule has 0 unspecified atom stereocenters. The molecular formula is C16H25NO2S. The Morgan fingerprint density at radius 1 is 1.25 bits per heavy atom. The van der Waals surface area contributed by atoms with Gasteiger partial charge in [-0.25, -0.2) is 0 Å². The average molecular weight is 295 g/mol. The highest BCUT2D eigenvalue weighted by atomic mass is 32.2. The van der Waals surface area contributed by atoms with Gasteiger partial charge in [0.2, 0.25) is 0 Å². The summed E-state index contributed by atoms with van der Waals surface area (Å²) in [4.78, 5) is 1.33. The van der Waals surface area contributed by atoms with Crippen molar-refractivity contribution in [2.75, 3.05) is 32.7 Å². The Labute approximate surface area is 126 Å². The Hall–Kier alpha value is -0.550. The topological polar surface area (TPSA) is 30.5 Å². The maximum atomic E-state index is 5.56. The van der Waals surface area contributed by atoms with Crippen LogP contribution in [0.1, 0.15) is 24.8 Å². The predicted molar refractivity (Wildman–Crippen MR) is 84.3 cm³/mol. The van der Waals surface area contributed by atoms with Crippen LogP contribution in [0.2, 0.25) is 0 Å². The van der Waals surface area contributed by atoms with Crippen LogP contribution in [0.4, 0.5) is 0 Å². The third-order valence-electron chi connectivity index (χ3n) is 3.20. The minimum atomic E-state index is 0.770. The summed E-state index contributed by atoms with van der Waals surface area (Å²) in [5, 5.41) is 3.55. The van der Waals surface area contributed by atoms with Gasteiger partial charge in [0, 0.05) is 43.6 Å². The van der Waals surface area contributed by atoms with E-state index in [0.29, 0.717) is 0 Å². The maximum Gasteiger partial charge on any atom is 0.0560 e. The van der Waals surface area contributed by atoms with Crippen LogP contribution in [0, 0.1) is 0 Å². The van der Waals surface area contributed by atoms with Crippen molar-refractivity contribution in [2.45, 2.75) is 36.7 Å². The van der Waals surface area contributed by atoms with Crippen LogP contribution in [0.15, 0.2) is 29.2 Å². The zero-order valence-electron chi connectivity index (χ0n) is 12.3. The van der Waals surface area contributed by atoms with Crippen LogP contribution in [-0.2, 0) is 16.0 Å². The van der Waals surface area contributed by atoms with Gasteiger partial charge in [-0.15, -0.1) is 11.8 Å². The van der Waals surface area contributed by atoms with Crippen molar-refractivity contribution >= 4 is 11.8 Å². The van der Waals surface area contributed by atoms with Gasteiger partial charge in [-0.2, -0.15) is 0 Å². The van der Waals surface area contributed by atoms with Crippen molar-refractivity contribution in [1.29, 1.82) is 0 Å². The Kier molecular flexibility index (Phi) is 7.44. The molecule has 1 saturated carbocycles. The third-order valence-corrected chi connectivity index (χ3v) is 4.16. The lowest BCUT2D eigenvalue weighted by atomic mass is 10.2. The van der Waals surface area contributed by atoms with Crippen LogP contribution in [0.25, 0.3) is 0 Å². The first kappa shape index (κ1) is 15.8. The van der Waals surface area contributed by atoms with E-state index in [4.69, 9.17) is 9.47 Å². The largest absolute Gasteiger partial charge is 0.385 e. The Bertz CT molecular complexity index is 382. The third kappa shape index (κ3) is 6.75. The summed E-state index contributed by atoms with van der Waals surface area (Å²) in [7, 11) is 1.72. The lowest BCUT2D eigenvalue weighted by Crippen LogP contribution is -2.15. The van der Waals surface area contributed by atoms with E-state index in [0.717, 1.165) is 44.6 Å². The average Bonchev–Trinajstić information content (AvgIpc) is 3.29. The highest BCUT2D eigenvalue weighted by molar-refractivity contribution is 7.99. The summed E-state index contributed by atoms with van der Waals surface area (Å²) in [5.41, 5.74) is 1.38. The van der Waals surface area contributed by atoms with E-state index in [-0.39, 0.29) is 0 Å². The van der Waals surface area contributed by atoms with Crippen LogP contribution in [-0.4, -0.2) is 38.7 Å². The Morgan fingerprint density at radius 3 is 2.95 bits per heavy atom. The second-order valence-corrected chi connectivity index (χ2v) is 6.28. The zero-order valence-corrected chi connectivity index (χ0v) is 13.1. The number of nitrogens with one attached hydrogen (secondary N) is 1. The van der Waals surface area contributed by atoms with Crippen LogP contribution in [0.5, 0.6) is 0 Å². The van der Waals surface area contributed by atoms with Gasteiger partial charge in [-0.1, -0.05) is 12.1 Å². The van der Waals surface area contributed by atoms with Crippen molar-refractivity contribution in [1.82, 2.24) is 5.32 Å². The van der Waals surface area contributed by atoms with Crippen molar-refractivity contribution in [2.24, 2.45) is 0 Å². The van der Waals surface area contributed by atoms with Crippen molar-refractivity contribution in [3.8, 4) is 0 Å². The highest BCUT2D eigenvalue weighted by Gasteiger charge is 2.19. The molecule has 1 aromatic rings. The number of hydrogen-bond donors (Lipinski definition) is 1. The quantitative estimate of drug-likeness (QED) is 0.502. The first-order valence-corrected chi connectivity index (χ1v) is 8.39. The molecule has 1 N–H and O–H groups in total. The van der Waals surface area contributed by atoms with E-state index in [1.165, 1.54) is 23.3 Å². The number of rotatable bonds is 11. The van der Waals surface area contributed by atoms with Gasteiger partial charge in [0.05, 0.1) is 6.61 Å². The van der Waals surface area contributed by atoms with E-state index < -0.39 is 0 Å². The minimum Gasteiger partial charge on any atom is -0.385 e. The Balaban J connectivity index is 1.58. The highest BCUT2D eigenvalue weighted by Crippen LogP contribution is 2.21. The van der Waals surface area contributed by atoms with Gasteiger partial charge in [-0.05, 0) is 37.0 Å². The molecule has 0 bridgehead atoms. The molecule has 0 aliphatic heterocycles. The van der Waals surface area contributed by atoms with Gasteiger partial charge in [0.25, 0.3) is 0 Å². The van der Waals surface area contributed by atoms with Gasteiger partial charge in [0.1, 0.15) is 0 Å². The summed E-state index contributed by atoms with van der Waals surface area (Å²) in [6, 6.07) is 9.57. The zero-order chi connectivity index (χ0) is 14.0. The van der Waals surface area contributed by atoms with Crippen LogP contribution in [0.3, 0.4) is 0 Å². The number of hydrogen-bond acceptors (Lipinski definition) is 4. The normalized spacial score (nSPS) is 14.7. The molecule has 0 radical (unpaired) electrons. The lowest BCUT2D eigenvalue weighted by molar-refractivity contribution is 0.113. The summed E-state index contributed by atoms with van der Waals surface area (Å²) < 4.78 is 10.5. The molecule has 112 valence electrons. The number of ether oxygens (including phenoxy) is 2. The second-order valence-electron chi connectivity index (χ2n) is 5.11. The predicted octanol–water partition coefficient (Wildman–Crippen LogP) is 3.08.